The van der Waals surface area contributed by atoms with Crippen molar-refractivity contribution in [3.05, 3.63) is 28.8 Å². The first-order valence-corrected chi connectivity index (χ1v) is 8.24. The second-order valence-electron chi connectivity index (χ2n) is 6.09. The molecule has 1 aromatic carbocycles. The van der Waals surface area contributed by atoms with Crippen LogP contribution in [0.3, 0.4) is 0 Å². The summed E-state index contributed by atoms with van der Waals surface area (Å²) in [5.74, 6) is 1.54. The van der Waals surface area contributed by atoms with Crippen molar-refractivity contribution in [3.8, 4) is 5.75 Å². The number of halogens is 1. The van der Waals surface area contributed by atoms with Crippen molar-refractivity contribution in [1.82, 2.24) is 4.90 Å². The molecular weight excluding hydrogens is 300 g/mol. The molecule has 0 spiro atoms. The van der Waals surface area contributed by atoms with Crippen LogP contribution in [0.1, 0.15) is 37.7 Å². The maximum atomic E-state index is 12.5. The highest BCUT2D eigenvalue weighted by atomic mass is 35.5. The van der Waals surface area contributed by atoms with E-state index in [-0.39, 0.29) is 11.8 Å². The van der Waals surface area contributed by atoms with Gasteiger partial charge in [0.25, 0.3) is 0 Å². The zero-order chi connectivity index (χ0) is 16.1. The fourth-order valence-corrected chi connectivity index (χ4v) is 3.14. The minimum atomic E-state index is -0.00439. The molecule has 0 aliphatic carbocycles. The van der Waals surface area contributed by atoms with E-state index in [1.165, 1.54) is 0 Å². The Labute approximate surface area is 137 Å². The second-order valence-corrected chi connectivity index (χ2v) is 6.50. The predicted octanol–water partition coefficient (Wildman–Crippen LogP) is 3.04. The topological polar surface area (TPSA) is 55.6 Å². The maximum absolute atomic E-state index is 12.5. The molecule has 1 atom stereocenters. The summed E-state index contributed by atoms with van der Waals surface area (Å²) in [5, 5.41) is 0.553. The van der Waals surface area contributed by atoms with E-state index in [0.29, 0.717) is 23.7 Å². The van der Waals surface area contributed by atoms with E-state index < -0.39 is 0 Å². The quantitative estimate of drug-likeness (QED) is 0.905. The van der Waals surface area contributed by atoms with Crippen LogP contribution in [0.25, 0.3) is 0 Å². The molecule has 1 aromatic rings. The van der Waals surface area contributed by atoms with Crippen LogP contribution >= 0.6 is 11.6 Å². The zero-order valence-corrected chi connectivity index (χ0v) is 14.1. The third kappa shape index (κ3) is 4.14. The van der Waals surface area contributed by atoms with Crippen molar-refractivity contribution in [2.75, 3.05) is 26.7 Å². The van der Waals surface area contributed by atoms with Gasteiger partial charge in [-0.25, -0.2) is 0 Å². The highest BCUT2D eigenvalue weighted by Gasteiger charge is 2.23. The fourth-order valence-electron chi connectivity index (χ4n) is 2.87. The van der Waals surface area contributed by atoms with E-state index in [1.54, 1.807) is 7.11 Å². The lowest BCUT2D eigenvalue weighted by Gasteiger charge is -2.31. The molecule has 22 heavy (non-hydrogen) atoms. The molecule has 0 radical (unpaired) electrons. The van der Waals surface area contributed by atoms with Gasteiger partial charge in [-0.1, -0.05) is 24.6 Å². The number of methoxy groups -OCH3 is 1. The normalized spacial score (nSPS) is 17.4. The Kier molecular flexibility index (Phi) is 6.09. The number of ether oxygens (including phenoxy) is 1. The van der Waals surface area contributed by atoms with Crippen molar-refractivity contribution in [2.24, 2.45) is 11.7 Å². The van der Waals surface area contributed by atoms with Crippen molar-refractivity contribution >= 4 is 17.5 Å². The van der Waals surface area contributed by atoms with E-state index in [4.69, 9.17) is 22.1 Å². The number of likely N-dealkylation sites (tertiary alicyclic amines) is 1. The maximum Gasteiger partial charge on any atom is 0.223 e. The lowest BCUT2D eigenvalue weighted by atomic mass is 9.93. The number of hydrogen-bond acceptors (Lipinski definition) is 3. The monoisotopic (exact) mass is 324 g/mol. The zero-order valence-electron chi connectivity index (χ0n) is 13.3. The molecule has 0 saturated carbocycles. The van der Waals surface area contributed by atoms with Crippen LogP contribution < -0.4 is 10.5 Å². The highest BCUT2D eigenvalue weighted by Crippen LogP contribution is 2.30. The molecule has 1 saturated heterocycles. The molecule has 2 rings (SSSR count). The lowest BCUT2D eigenvalue weighted by molar-refractivity contribution is -0.132. The Balaban J connectivity index is 2.02. The van der Waals surface area contributed by atoms with Crippen LogP contribution in [0.4, 0.5) is 0 Å². The van der Waals surface area contributed by atoms with Crippen LogP contribution in [0, 0.1) is 5.92 Å². The molecular formula is C17H25ClN2O2. The number of hydrogen-bond donors (Lipinski definition) is 1. The molecule has 1 heterocycles. The minimum absolute atomic E-state index is 0.00439. The summed E-state index contributed by atoms with van der Waals surface area (Å²) < 4.78 is 5.16. The Morgan fingerprint density at radius 1 is 1.45 bits per heavy atom. The second kappa shape index (κ2) is 7.84. The van der Waals surface area contributed by atoms with Gasteiger partial charge in [0.2, 0.25) is 5.91 Å². The largest absolute Gasteiger partial charge is 0.495 e. The third-order valence-electron chi connectivity index (χ3n) is 4.49. The van der Waals surface area contributed by atoms with Gasteiger partial charge in [-0.2, -0.15) is 0 Å². The molecule has 1 amide bonds. The van der Waals surface area contributed by atoms with Crippen molar-refractivity contribution in [3.63, 3.8) is 0 Å². The van der Waals surface area contributed by atoms with Crippen LogP contribution in [-0.2, 0) is 4.79 Å². The number of rotatable bonds is 5. The first-order chi connectivity index (χ1) is 10.5. The fraction of sp³-hybridized carbons (Fsp3) is 0.588. The van der Waals surface area contributed by atoms with Gasteiger partial charge >= 0.3 is 0 Å². The molecule has 1 fully saturated rings. The SMILES string of the molecule is COc1ccc(C(CN)CC(=O)N2CCC(C)CC2)cc1Cl. The van der Waals surface area contributed by atoms with Crippen molar-refractivity contribution < 1.29 is 9.53 Å². The van der Waals surface area contributed by atoms with Gasteiger partial charge in [-0.3, -0.25) is 4.79 Å². The first kappa shape index (κ1) is 17.1. The van der Waals surface area contributed by atoms with Crippen LogP contribution in [0.5, 0.6) is 5.75 Å². The molecule has 5 heteroatoms. The lowest BCUT2D eigenvalue weighted by Crippen LogP contribution is -2.39. The van der Waals surface area contributed by atoms with Crippen LogP contribution in [-0.4, -0.2) is 37.6 Å². The van der Waals surface area contributed by atoms with E-state index in [9.17, 15) is 4.79 Å². The molecule has 2 N–H and O–H groups in total. The molecule has 1 aliphatic heterocycles. The van der Waals surface area contributed by atoms with E-state index in [1.807, 2.05) is 23.1 Å². The Morgan fingerprint density at radius 3 is 2.68 bits per heavy atom. The third-order valence-corrected chi connectivity index (χ3v) is 4.78. The number of carbonyl (C=O) groups excluding carboxylic acids is 1. The number of piperidine rings is 1. The first-order valence-electron chi connectivity index (χ1n) is 7.86. The average molecular weight is 325 g/mol. The number of benzene rings is 1. The molecule has 122 valence electrons. The minimum Gasteiger partial charge on any atom is -0.495 e. The predicted molar refractivity (Wildman–Crippen MR) is 89.4 cm³/mol. The van der Waals surface area contributed by atoms with Crippen molar-refractivity contribution in [1.29, 1.82) is 0 Å². The standard InChI is InChI=1S/C17H25ClN2O2/c1-12-5-7-20(8-6-12)17(21)10-14(11-19)13-3-4-16(22-2)15(18)9-13/h3-4,9,12,14H,5-8,10-11,19H2,1-2H3. The van der Waals surface area contributed by atoms with E-state index in [2.05, 4.69) is 6.92 Å². The van der Waals surface area contributed by atoms with E-state index in [0.717, 1.165) is 37.4 Å². The molecule has 4 nitrogen and oxygen atoms in total. The van der Waals surface area contributed by atoms with Crippen molar-refractivity contribution in [2.45, 2.75) is 32.1 Å². The molecule has 0 bridgehead atoms. The van der Waals surface area contributed by atoms with Gasteiger partial charge in [-0.15, -0.1) is 0 Å². The average Bonchev–Trinajstić information content (AvgIpc) is 2.53. The summed E-state index contributed by atoms with van der Waals surface area (Å²) in [5.41, 5.74) is 6.87. The summed E-state index contributed by atoms with van der Waals surface area (Å²) >= 11 is 6.17. The van der Waals surface area contributed by atoms with E-state index >= 15 is 0 Å². The summed E-state index contributed by atoms with van der Waals surface area (Å²) in [7, 11) is 1.59. The summed E-state index contributed by atoms with van der Waals surface area (Å²) in [6, 6.07) is 5.62. The van der Waals surface area contributed by atoms with Gasteiger partial charge in [-0.05, 0) is 43.0 Å². The summed E-state index contributed by atoms with van der Waals surface area (Å²) in [6.45, 7) is 4.39. The smallest absolute Gasteiger partial charge is 0.223 e. The summed E-state index contributed by atoms with van der Waals surface area (Å²) in [4.78, 5) is 14.4. The van der Waals surface area contributed by atoms with Gasteiger partial charge in [0.05, 0.1) is 12.1 Å². The highest BCUT2D eigenvalue weighted by molar-refractivity contribution is 6.32. The summed E-state index contributed by atoms with van der Waals surface area (Å²) in [6.07, 6.45) is 2.62. The van der Waals surface area contributed by atoms with Crippen LogP contribution in [0.2, 0.25) is 5.02 Å². The van der Waals surface area contributed by atoms with Gasteiger partial charge in [0, 0.05) is 25.4 Å². The number of amides is 1. The van der Waals surface area contributed by atoms with Crippen LogP contribution in [0.15, 0.2) is 18.2 Å². The molecule has 1 unspecified atom stereocenters. The number of carbonyl (C=O) groups is 1. The Morgan fingerprint density at radius 2 is 2.14 bits per heavy atom. The van der Waals surface area contributed by atoms with Gasteiger partial charge in [0.1, 0.15) is 5.75 Å². The molecule has 1 aliphatic rings. The Bertz CT molecular complexity index is 513. The molecule has 0 aromatic heterocycles. The van der Waals surface area contributed by atoms with Gasteiger partial charge in [0.15, 0.2) is 0 Å². The number of nitrogens with two attached hydrogens (primary N) is 1. The number of nitrogens with zero attached hydrogens (tertiary/aromatic N) is 1. The Hall–Kier alpha value is -1.26. The van der Waals surface area contributed by atoms with Gasteiger partial charge < -0.3 is 15.4 Å².